The lowest BCUT2D eigenvalue weighted by molar-refractivity contribution is -0.143. The summed E-state index contributed by atoms with van der Waals surface area (Å²) in [6, 6.07) is -0.629. The predicted octanol–water partition coefficient (Wildman–Crippen LogP) is 23.9. The Morgan fingerprint density at radius 3 is 0.889 bits per heavy atom. The van der Waals surface area contributed by atoms with Crippen LogP contribution >= 0.6 is 0 Å². The summed E-state index contributed by atoms with van der Waals surface area (Å²) >= 11 is 0. The van der Waals surface area contributed by atoms with Crippen molar-refractivity contribution in [2.75, 3.05) is 13.2 Å². The Morgan fingerprint density at radius 2 is 0.580 bits per heavy atom. The van der Waals surface area contributed by atoms with E-state index in [9.17, 15) is 19.8 Å². The first-order valence-corrected chi connectivity index (χ1v) is 36.8. The van der Waals surface area contributed by atoms with Crippen LogP contribution < -0.4 is 5.32 Å². The lowest BCUT2D eigenvalue weighted by atomic mass is 10.0. The lowest BCUT2D eigenvalue weighted by Gasteiger charge is -2.20. The SMILES string of the molecule is CCCCCC/C=C\CCCCCCCC(=O)OCCCCCCCCCCCCCC/C=C\CCCCCCCCCCCCCCC(=O)NC(CO)C(O)/C=C/CCCCCCCCCCCCCCCCCCCCCCC. The lowest BCUT2D eigenvalue weighted by Crippen LogP contribution is -2.45. The molecule has 6 heteroatoms. The molecule has 2 unspecified atom stereocenters. The summed E-state index contributed by atoms with van der Waals surface area (Å²) in [7, 11) is 0. The van der Waals surface area contributed by atoms with Gasteiger partial charge in [0.15, 0.2) is 0 Å². The van der Waals surface area contributed by atoms with Crippen molar-refractivity contribution >= 4 is 11.9 Å². The van der Waals surface area contributed by atoms with Crippen molar-refractivity contribution in [2.45, 2.75) is 418 Å². The number of carbonyl (C=O) groups is 2. The second-order valence-electron chi connectivity index (χ2n) is 25.3. The molecule has 0 aliphatic heterocycles. The van der Waals surface area contributed by atoms with Crippen LogP contribution in [0.2, 0.25) is 0 Å². The van der Waals surface area contributed by atoms with E-state index in [-0.39, 0.29) is 18.5 Å². The number of aliphatic hydroxyl groups is 2. The van der Waals surface area contributed by atoms with E-state index in [1.165, 1.54) is 334 Å². The molecule has 478 valence electrons. The molecule has 0 rings (SSSR count). The second kappa shape index (κ2) is 70.6. The maximum Gasteiger partial charge on any atom is 0.305 e. The number of esters is 1. The first-order chi connectivity index (χ1) is 40.0. The number of hydrogen-bond donors (Lipinski definition) is 3. The molecular weight excluding hydrogens is 995 g/mol. The molecule has 0 aromatic rings. The molecule has 81 heavy (non-hydrogen) atoms. The van der Waals surface area contributed by atoms with Crippen molar-refractivity contribution in [2.24, 2.45) is 0 Å². The Kier molecular flexibility index (Phi) is 68.9. The van der Waals surface area contributed by atoms with Gasteiger partial charge in [-0.1, -0.05) is 346 Å². The van der Waals surface area contributed by atoms with Gasteiger partial charge >= 0.3 is 5.97 Å². The molecule has 2 atom stereocenters. The molecule has 0 radical (unpaired) electrons. The van der Waals surface area contributed by atoms with Gasteiger partial charge < -0.3 is 20.3 Å². The van der Waals surface area contributed by atoms with Crippen LogP contribution in [0.4, 0.5) is 0 Å². The van der Waals surface area contributed by atoms with Gasteiger partial charge in [-0.05, 0) is 83.5 Å². The maximum absolute atomic E-state index is 12.5. The normalized spacial score (nSPS) is 12.7. The van der Waals surface area contributed by atoms with E-state index in [0.29, 0.717) is 19.4 Å². The average Bonchev–Trinajstić information content (AvgIpc) is 3.47. The number of rotatable bonds is 69. The number of aliphatic hydroxyl groups excluding tert-OH is 2. The molecule has 0 spiro atoms. The van der Waals surface area contributed by atoms with Crippen LogP contribution in [0.5, 0.6) is 0 Å². The molecule has 3 N–H and O–H groups in total. The molecule has 6 nitrogen and oxygen atoms in total. The topological polar surface area (TPSA) is 95.9 Å². The van der Waals surface area contributed by atoms with Gasteiger partial charge in [-0.15, -0.1) is 0 Å². The Labute approximate surface area is 506 Å². The van der Waals surface area contributed by atoms with Crippen LogP contribution in [0, 0.1) is 0 Å². The molecule has 0 aromatic heterocycles. The summed E-state index contributed by atoms with van der Waals surface area (Å²) in [6.45, 7) is 4.92. The number of allylic oxidation sites excluding steroid dienone is 5. The van der Waals surface area contributed by atoms with E-state index in [2.05, 4.69) is 43.5 Å². The van der Waals surface area contributed by atoms with Gasteiger partial charge in [0, 0.05) is 12.8 Å². The van der Waals surface area contributed by atoms with Crippen molar-refractivity contribution in [1.29, 1.82) is 0 Å². The zero-order valence-corrected chi connectivity index (χ0v) is 54.8. The van der Waals surface area contributed by atoms with E-state index >= 15 is 0 Å². The van der Waals surface area contributed by atoms with Gasteiger partial charge in [0.25, 0.3) is 0 Å². The number of ether oxygens (including phenoxy) is 1. The first-order valence-electron chi connectivity index (χ1n) is 36.8. The number of carbonyl (C=O) groups excluding carboxylic acids is 2. The van der Waals surface area contributed by atoms with Crippen LogP contribution in [-0.4, -0.2) is 47.4 Å². The number of amides is 1. The second-order valence-corrected chi connectivity index (χ2v) is 25.3. The van der Waals surface area contributed by atoms with Crippen LogP contribution in [0.1, 0.15) is 406 Å². The van der Waals surface area contributed by atoms with E-state index in [1.807, 2.05) is 6.08 Å². The smallest absolute Gasteiger partial charge is 0.305 e. The maximum atomic E-state index is 12.5. The largest absolute Gasteiger partial charge is 0.466 e. The Bertz CT molecular complexity index is 1310. The van der Waals surface area contributed by atoms with Crippen molar-refractivity contribution in [3.63, 3.8) is 0 Å². The van der Waals surface area contributed by atoms with Gasteiger partial charge in [-0.25, -0.2) is 0 Å². The van der Waals surface area contributed by atoms with Crippen molar-refractivity contribution in [3.8, 4) is 0 Å². The molecule has 0 saturated carbocycles. The standard InChI is InChI=1S/C75H143NO5/c1-3-5-7-9-11-13-15-17-18-19-20-21-28-31-34-37-40-44-47-51-55-59-63-67-73(78)72(71-77)76-74(79)68-64-60-56-52-48-45-41-38-35-32-29-26-24-22-23-25-27-30-33-36-39-42-46-50-54-58-62-66-70-81-75(80)69-65-61-57-53-49-43-16-14-12-10-8-6-4-2/h14,16,22-23,63,67,72-73,77-78H,3-13,15,17-21,24-62,64-66,68-71H2,1-2H3,(H,76,79)/b16-14-,23-22-,67-63+. The molecule has 0 bridgehead atoms. The molecule has 0 fully saturated rings. The molecule has 0 heterocycles. The fraction of sp³-hybridized carbons (Fsp3) is 0.893. The van der Waals surface area contributed by atoms with Crippen LogP contribution in [-0.2, 0) is 14.3 Å². The Balaban J connectivity index is 3.41. The minimum Gasteiger partial charge on any atom is -0.466 e. The summed E-state index contributed by atoms with van der Waals surface area (Å²) in [5.74, 6) is -0.0571. The van der Waals surface area contributed by atoms with Gasteiger partial charge in [0.1, 0.15) is 0 Å². The highest BCUT2D eigenvalue weighted by Gasteiger charge is 2.18. The molecule has 0 aromatic carbocycles. The quantitative estimate of drug-likeness (QED) is 0.0320. The van der Waals surface area contributed by atoms with Gasteiger partial charge in [0.05, 0.1) is 25.4 Å². The van der Waals surface area contributed by atoms with E-state index in [4.69, 9.17) is 4.74 Å². The van der Waals surface area contributed by atoms with Crippen LogP contribution in [0.25, 0.3) is 0 Å². The third kappa shape index (κ3) is 67.1. The number of unbranched alkanes of at least 4 members (excludes halogenated alkanes) is 54. The zero-order chi connectivity index (χ0) is 58.5. The van der Waals surface area contributed by atoms with E-state index in [0.717, 1.165) is 44.9 Å². The van der Waals surface area contributed by atoms with Crippen molar-refractivity contribution in [1.82, 2.24) is 5.32 Å². The van der Waals surface area contributed by atoms with Gasteiger partial charge in [0.2, 0.25) is 5.91 Å². The van der Waals surface area contributed by atoms with E-state index in [1.54, 1.807) is 6.08 Å². The van der Waals surface area contributed by atoms with Crippen LogP contribution in [0.15, 0.2) is 36.5 Å². The van der Waals surface area contributed by atoms with Gasteiger partial charge in [-0.2, -0.15) is 0 Å². The average molecular weight is 1140 g/mol. The predicted molar refractivity (Wildman–Crippen MR) is 356 cm³/mol. The highest BCUT2D eigenvalue weighted by molar-refractivity contribution is 5.76. The molecular formula is C75H143NO5. The van der Waals surface area contributed by atoms with Crippen molar-refractivity contribution in [3.05, 3.63) is 36.5 Å². The minimum absolute atomic E-state index is 0.00669. The fourth-order valence-electron chi connectivity index (χ4n) is 11.5. The van der Waals surface area contributed by atoms with Crippen LogP contribution in [0.3, 0.4) is 0 Å². The molecule has 1 amide bonds. The molecule has 0 aliphatic rings. The fourth-order valence-corrected chi connectivity index (χ4v) is 11.5. The number of hydrogen-bond acceptors (Lipinski definition) is 5. The summed E-state index contributed by atoms with van der Waals surface area (Å²) < 4.78 is 5.48. The molecule has 0 saturated heterocycles. The third-order valence-corrected chi connectivity index (χ3v) is 17.1. The third-order valence-electron chi connectivity index (χ3n) is 17.1. The zero-order valence-electron chi connectivity index (χ0n) is 54.8. The number of nitrogens with one attached hydrogen (secondary N) is 1. The Hall–Kier alpha value is -1.92. The minimum atomic E-state index is -0.846. The highest BCUT2D eigenvalue weighted by Crippen LogP contribution is 2.19. The monoisotopic (exact) mass is 1140 g/mol. The van der Waals surface area contributed by atoms with Crippen molar-refractivity contribution < 1.29 is 24.5 Å². The Morgan fingerprint density at radius 1 is 0.333 bits per heavy atom. The summed E-state index contributed by atoms with van der Waals surface area (Å²) in [5.41, 5.74) is 0. The summed E-state index contributed by atoms with van der Waals surface area (Å²) in [6.07, 6.45) is 90.9. The highest BCUT2D eigenvalue weighted by atomic mass is 16.5. The summed E-state index contributed by atoms with van der Waals surface area (Å²) in [4.78, 5) is 24.6. The first kappa shape index (κ1) is 79.1. The summed E-state index contributed by atoms with van der Waals surface area (Å²) in [5, 5.41) is 23.3. The van der Waals surface area contributed by atoms with Gasteiger partial charge in [-0.3, -0.25) is 9.59 Å². The van der Waals surface area contributed by atoms with E-state index < -0.39 is 12.1 Å². The molecule has 0 aliphatic carbocycles.